The number of carbonyl (C=O) groups is 1. The van der Waals surface area contributed by atoms with Crippen LogP contribution in [0, 0.1) is 0 Å². The lowest BCUT2D eigenvalue weighted by Crippen LogP contribution is -2.24. The first-order chi connectivity index (χ1) is 15.8. The Labute approximate surface area is 188 Å². The van der Waals surface area contributed by atoms with E-state index < -0.39 is 0 Å². The molecule has 0 aliphatic heterocycles. The van der Waals surface area contributed by atoms with E-state index in [9.17, 15) is 4.79 Å². The van der Waals surface area contributed by atoms with Gasteiger partial charge in [0, 0.05) is 11.9 Å². The third-order valence-corrected chi connectivity index (χ3v) is 6.03. The van der Waals surface area contributed by atoms with E-state index in [4.69, 9.17) is 9.40 Å². The maximum atomic E-state index is 12.2. The van der Waals surface area contributed by atoms with Gasteiger partial charge in [0.25, 0.3) is 0 Å². The van der Waals surface area contributed by atoms with Crippen LogP contribution >= 0.6 is 11.8 Å². The Morgan fingerprint density at radius 3 is 2.69 bits per heavy atom. The van der Waals surface area contributed by atoms with Crippen LogP contribution in [-0.2, 0) is 24.3 Å². The Bertz CT molecular complexity index is 1350. The summed E-state index contributed by atoms with van der Waals surface area (Å²) >= 11 is 1.27. The van der Waals surface area contributed by atoms with Crippen LogP contribution in [0.1, 0.15) is 11.3 Å². The normalized spacial score (nSPS) is 11.2. The Morgan fingerprint density at radius 1 is 1.00 bits per heavy atom. The van der Waals surface area contributed by atoms with Gasteiger partial charge in [0.2, 0.25) is 11.1 Å². The number of amides is 1. The summed E-state index contributed by atoms with van der Waals surface area (Å²) < 4.78 is 7.42. The Hall–Kier alpha value is -3.65. The zero-order chi connectivity index (χ0) is 21.8. The molecule has 2 aromatic carbocycles. The topological polar surface area (TPSA) is 85.8 Å². The van der Waals surface area contributed by atoms with Crippen LogP contribution in [0.25, 0.3) is 22.1 Å². The van der Waals surface area contributed by atoms with Gasteiger partial charge in [-0.15, -0.1) is 10.2 Å². The number of aromatic nitrogens is 4. The summed E-state index contributed by atoms with van der Waals surface area (Å²) in [5, 5.41) is 13.1. The van der Waals surface area contributed by atoms with Crippen molar-refractivity contribution in [1.82, 2.24) is 25.1 Å². The molecule has 0 saturated carbocycles. The van der Waals surface area contributed by atoms with Crippen LogP contribution in [0.5, 0.6) is 0 Å². The molecule has 8 heteroatoms. The molecular formula is C24H21N5O2S. The maximum Gasteiger partial charge on any atom is 0.230 e. The molecule has 32 heavy (non-hydrogen) atoms. The minimum atomic E-state index is -0.111. The van der Waals surface area contributed by atoms with Crippen molar-refractivity contribution in [2.24, 2.45) is 0 Å². The third-order valence-electron chi connectivity index (χ3n) is 5.19. The lowest BCUT2D eigenvalue weighted by atomic mass is 10.1. The van der Waals surface area contributed by atoms with Gasteiger partial charge in [-0.1, -0.05) is 60.3 Å². The summed E-state index contributed by atoms with van der Waals surface area (Å²) in [5.74, 6) is 0.809. The number of para-hydroxylation sites is 1. The standard InChI is InChI=1S/C24H21N5O2S/c30-21(25-15-18-9-6-14-31-18)16-32-24-26-23-22(27-28-24)19-10-4-5-11-20(19)29(23)13-12-17-7-2-1-3-8-17/h1-11,14H,12-13,15-16H2,(H,25,30). The van der Waals surface area contributed by atoms with Gasteiger partial charge in [0.05, 0.1) is 24.1 Å². The Balaban J connectivity index is 1.36. The minimum absolute atomic E-state index is 0.111. The van der Waals surface area contributed by atoms with E-state index in [0.717, 1.165) is 35.0 Å². The minimum Gasteiger partial charge on any atom is -0.467 e. The van der Waals surface area contributed by atoms with Gasteiger partial charge >= 0.3 is 0 Å². The SMILES string of the molecule is O=C(CSc1nnc2c3ccccc3n(CCc3ccccc3)c2n1)NCc1ccco1. The second kappa shape index (κ2) is 9.23. The second-order valence-electron chi connectivity index (χ2n) is 7.32. The van der Waals surface area contributed by atoms with Gasteiger partial charge in [-0.05, 0) is 30.2 Å². The molecule has 3 aromatic heterocycles. The highest BCUT2D eigenvalue weighted by molar-refractivity contribution is 7.99. The van der Waals surface area contributed by atoms with Gasteiger partial charge in [-0.25, -0.2) is 4.98 Å². The van der Waals surface area contributed by atoms with Gasteiger partial charge in [0.15, 0.2) is 5.65 Å². The van der Waals surface area contributed by atoms with E-state index in [2.05, 4.69) is 50.4 Å². The van der Waals surface area contributed by atoms with Crippen molar-refractivity contribution in [1.29, 1.82) is 0 Å². The number of thioether (sulfide) groups is 1. The fourth-order valence-corrected chi connectivity index (χ4v) is 4.25. The number of hydrogen-bond donors (Lipinski definition) is 1. The number of furan rings is 1. The molecular weight excluding hydrogens is 422 g/mol. The van der Waals surface area contributed by atoms with Crippen molar-refractivity contribution in [3.8, 4) is 0 Å². The Morgan fingerprint density at radius 2 is 1.84 bits per heavy atom. The second-order valence-corrected chi connectivity index (χ2v) is 8.26. The van der Waals surface area contributed by atoms with Crippen molar-refractivity contribution in [3.63, 3.8) is 0 Å². The zero-order valence-corrected chi connectivity index (χ0v) is 18.1. The lowest BCUT2D eigenvalue weighted by Gasteiger charge is -2.07. The molecule has 0 aliphatic carbocycles. The summed E-state index contributed by atoms with van der Waals surface area (Å²) in [6.45, 7) is 1.14. The van der Waals surface area contributed by atoms with Gasteiger partial charge < -0.3 is 14.3 Å². The summed E-state index contributed by atoms with van der Waals surface area (Å²) in [6.07, 6.45) is 2.47. The molecule has 0 unspecified atom stereocenters. The van der Waals surface area contributed by atoms with E-state index in [1.807, 2.05) is 30.3 Å². The van der Waals surface area contributed by atoms with E-state index in [0.29, 0.717) is 17.5 Å². The number of fused-ring (bicyclic) bond motifs is 3. The molecule has 0 atom stereocenters. The molecule has 0 bridgehead atoms. The quantitative estimate of drug-likeness (QED) is 0.361. The molecule has 160 valence electrons. The predicted molar refractivity (Wildman–Crippen MR) is 124 cm³/mol. The number of rotatable bonds is 8. The summed E-state index contributed by atoms with van der Waals surface area (Å²) in [5.41, 5.74) is 3.91. The Kier molecular flexibility index (Phi) is 5.85. The van der Waals surface area contributed by atoms with Crippen LogP contribution < -0.4 is 5.32 Å². The number of nitrogens with zero attached hydrogens (tertiary/aromatic N) is 4. The molecule has 5 rings (SSSR count). The van der Waals surface area contributed by atoms with Crippen LogP contribution in [-0.4, -0.2) is 31.4 Å². The molecule has 7 nitrogen and oxygen atoms in total. The van der Waals surface area contributed by atoms with Gasteiger partial charge in [0.1, 0.15) is 11.3 Å². The van der Waals surface area contributed by atoms with Gasteiger partial charge in [-0.3, -0.25) is 4.79 Å². The van der Waals surface area contributed by atoms with E-state index in [1.54, 1.807) is 12.3 Å². The highest BCUT2D eigenvalue weighted by Crippen LogP contribution is 2.27. The largest absolute Gasteiger partial charge is 0.467 e. The molecule has 0 spiro atoms. The fourth-order valence-electron chi connectivity index (χ4n) is 3.64. The summed E-state index contributed by atoms with van der Waals surface area (Å²) in [6, 6.07) is 22.1. The van der Waals surface area contributed by atoms with Crippen molar-refractivity contribution in [2.75, 3.05) is 5.75 Å². The van der Waals surface area contributed by atoms with E-state index >= 15 is 0 Å². The van der Waals surface area contributed by atoms with Crippen molar-refractivity contribution < 1.29 is 9.21 Å². The highest BCUT2D eigenvalue weighted by Gasteiger charge is 2.15. The smallest absolute Gasteiger partial charge is 0.230 e. The van der Waals surface area contributed by atoms with Crippen LogP contribution in [0.3, 0.4) is 0 Å². The molecule has 1 N–H and O–H groups in total. The van der Waals surface area contributed by atoms with E-state index in [1.165, 1.54) is 17.3 Å². The fraction of sp³-hybridized carbons (Fsp3) is 0.167. The van der Waals surface area contributed by atoms with Crippen molar-refractivity contribution in [3.05, 3.63) is 84.3 Å². The monoisotopic (exact) mass is 443 g/mol. The molecule has 0 radical (unpaired) electrons. The predicted octanol–water partition coefficient (Wildman–Crippen LogP) is 4.22. The number of carbonyl (C=O) groups excluding carboxylic acids is 1. The molecule has 0 aliphatic rings. The first-order valence-electron chi connectivity index (χ1n) is 10.4. The average molecular weight is 444 g/mol. The number of benzene rings is 2. The number of aryl methyl sites for hydroxylation is 2. The lowest BCUT2D eigenvalue weighted by molar-refractivity contribution is -0.118. The maximum absolute atomic E-state index is 12.2. The van der Waals surface area contributed by atoms with Crippen LogP contribution in [0.2, 0.25) is 0 Å². The molecule has 1 amide bonds. The van der Waals surface area contributed by atoms with Gasteiger partial charge in [-0.2, -0.15) is 0 Å². The van der Waals surface area contributed by atoms with Crippen molar-refractivity contribution in [2.45, 2.75) is 24.7 Å². The first kappa shape index (κ1) is 20.3. The average Bonchev–Trinajstić information content (AvgIpc) is 3.47. The third kappa shape index (κ3) is 4.36. The summed E-state index contributed by atoms with van der Waals surface area (Å²) in [7, 11) is 0. The van der Waals surface area contributed by atoms with Crippen LogP contribution in [0.15, 0.2) is 82.6 Å². The zero-order valence-electron chi connectivity index (χ0n) is 17.3. The molecule has 3 heterocycles. The van der Waals surface area contributed by atoms with Crippen molar-refractivity contribution >= 4 is 39.7 Å². The first-order valence-corrected chi connectivity index (χ1v) is 11.3. The highest BCUT2D eigenvalue weighted by atomic mass is 32.2. The number of hydrogen-bond acceptors (Lipinski definition) is 6. The molecule has 0 fully saturated rings. The summed E-state index contributed by atoms with van der Waals surface area (Å²) in [4.78, 5) is 16.9. The molecule has 0 saturated heterocycles. The van der Waals surface area contributed by atoms with E-state index in [-0.39, 0.29) is 11.7 Å². The van der Waals surface area contributed by atoms with Crippen LogP contribution in [0.4, 0.5) is 0 Å². The molecule has 5 aromatic rings. The number of nitrogens with one attached hydrogen (secondary N) is 1.